The number of methoxy groups -OCH3 is 1. The summed E-state index contributed by atoms with van der Waals surface area (Å²) in [6.07, 6.45) is 4.33. The molecule has 2 aliphatic rings. The number of nitrogens with zero attached hydrogens (tertiary/aromatic N) is 5. The van der Waals surface area contributed by atoms with Crippen LogP contribution in [0.4, 0.5) is 27.7 Å². The SMILES string of the molecule is CNC(=O)c1nnc(NC(=O)C2CC2)cc1Nc1cccc(-c2ncc(N3CCOC3=O)cn2)c1OC. The standard InChI is InChI=1S/C24H24N8O5/c1-25-23(34)19-17(10-18(30-31-19)29-22(33)13-6-7-13)28-16-5-3-4-15(20(16)36-2)21-26-11-14(12-27-21)32-8-9-37-24(32)35/h3-5,10-13H,6-9H2,1-2H3,(H,25,34)(H2,28,29,30,33). The fraction of sp³-hybridized carbons (Fsp3) is 0.292. The molecule has 0 radical (unpaired) electrons. The van der Waals surface area contributed by atoms with Crippen LogP contribution in [0.25, 0.3) is 11.4 Å². The van der Waals surface area contributed by atoms with Crippen molar-refractivity contribution in [3.05, 3.63) is 42.4 Å². The quantitative estimate of drug-likeness (QED) is 0.415. The van der Waals surface area contributed by atoms with Crippen LogP contribution in [-0.4, -0.2) is 65.4 Å². The number of rotatable bonds is 8. The molecular formula is C24H24N8O5. The van der Waals surface area contributed by atoms with Gasteiger partial charge in [-0.15, -0.1) is 10.2 Å². The number of nitrogens with one attached hydrogen (secondary N) is 3. The molecule has 37 heavy (non-hydrogen) atoms. The Hall–Kier alpha value is -4.81. The molecule has 1 aliphatic heterocycles. The molecule has 2 fully saturated rings. The smallest absolute Gasteiger partial charge is 0.414 e. The van der Waals surface area contributed by atoms with Gasteiger partial charge in [-0.25, -0.2) is 14.8 Å². The van der Waals surface area contributed by atoms with Crippen LogP contribution >= 0.6 is 0 Å². The Bertz CT molecular complexity index is 1360. The van der Waals surface area contributed by atoms with E-state index in [-0.39, 0.29) is 23.3 Å². The predicted octanol–water partition coefficient (Wildman–Crippen LogP) is 2.35. The Kier molecular flexibility index (Phi) is 6.49. The number of cyclic esters (lactones) is 1. The van der Waals surface area contributed by atoms with Crippen LogP contribution in [0.2, 0.25) is 0 Å². The monoisotopic (exact) mass is 504 g/mol. The Morgan fingerprint density at radius 2 is 1.92 bits per heavy atom. The lowest BCUT2D eigenvalue weighted by Gasteiger charge is -2.17. The average Bonchev–Trinajstić information content (AvgIpc) is 3.69. The molecule has 1 saturated heterocycles. The van der Waals surface area contributed by atoms with E-state index in [2.05, 4.69) is 36.1 Å². The molecule has 1 aliphatic carbocycles. The van der Waals surface area contributed by atoms with E-state index in [0.717, 1.165) is 12.8 Å². The number of hydrogen-bond donors (Lipinski definition) is 3. The summed E-state index contributed by atoms with van der Waals surface area (Å²) >= 11 is 0. The molecule has 3 heterocycles. The zero-order valence-corrected chi connectivity index (χ0v) is 20.1. The van der Waals surface area contributed by atoms with Crippen LogP contribution < -0.4 is 25.6 Å². The summed E-state index contributed by atoms with van der Waals surface area (Å²) in [5.74, 6) is 0.408. The van der Waals surface area contributed by atoms with Crippen LogP contribution in [0.1, 0.15) is 23.3 Å². The minimum Gasteiger partial charge on any atom is -0.494 e. The number of ether oxygens (including phenoxy) is 2. The van der Waals surface area contributed by atoms with Crippen LogP contribution in [-0.2, 0) is 9.53 Å². The van der Waals surface area contributed by atoms with Gasteiger partial charge < -0.3 is 25.4 Å². The molecule has 0 bridgehead atoms. The first kappa shape index (κ1) is 23.9. The van der Waals surface area contributed by atoms with Gasteiger partial charge in [-0.2, -0.15) is 0 Å². The molecule has 1 aromatic carbocycles. The van der Waals surface area contributed by atoms with E-state index in [1.165, 1.54) is 19.1 Å². The van der Waals surface area contributed by atoms with Gasteiger partial charge in [0.05, 0.1) is 48.7 Å². The molecule has 3 amide bonds. The van der Waals surface area contributed by atoms with Crippen molar-refractivity contribution in [1.29, 1.82) is 0 Å². The van der Waals surface area contributed by atoms with Crippen molar-refractivity contribution in [3.63, 3.8) is 0 Å². The normalized spacial score (nSPS) is 14.6. The number of carbonyl (C=O) groups is 3. The highest BCUT2D eigenvalue weighted by Crippen LogP contribution is 2.37. The molecule has 3 aromatic rings. The summed E-state index contributed by atoms with van der Waals surface area (Å²) in [5, 5.41) is 16.5. The summed E-state index contributed by atoms with van der Waals surface area (Å²) in [4.78, 5) is 46.8. The Morgan fingerprint density at radius 3 is 2.57 bits per heavy atom. The largest absolute Gasteiger partial charge is 0.494 e. The summed E-state index contributed by atoms with van der Waals surface area (Å²) in [5.41, 5.74) is 1.97. The van der Waals surface area contributed by atoms with E-state index in [0.29, 0.717) is 47.4 Å². The Balaban J connectivity index is 1.46. The minimum atomic E-state index is -0.454. The molecule has 0 unspecified atom stereocenters. The van der Waals surface area contributed by atoms with Gasteiger partial charge in [-0.05, 0) is 25.0 Å². The fourth-order valence-corrected chi connectivity index (χ4v) is 3.81. The lowest BCUT2D eigenvalue weighted by atomic mass is 10.1. The Labute approximate surface area is 211 Å². The Morgan fingerprint density at radius 1 is 1.14 bits per heavy atom. The van der Waals surface area contributed by atoms with E-state index >= 15 is 0 Å². The summed E-state index contributed by atoms with van der Waals surface area (Å²) in [6.45, 7) is 0.747. The van der Waals surface area contributed by atoms with Crippen LogP contribution in [0.5, 0.6) is 5.75 Å². The first-order chi connectivity index (χ1) is 18.0. The lowest BCUT2D eigenvalue weighted by molar-refractivity contribution is -0.117. The number of anilines is 4. The van der Waals surface area contributed by atoms with Crippen molar-refractivity contribution < 1.29 is 23.9 Å². The maximum atomic E-state index is 12.5. The van der Waals surface area contributed by atoms with Crippen molar-refractivity contribution in [2.45, 2.75) is 12.8 Å². The third kappa shape index (κ3) is 4.96. The summed E-state index contributed by atoms with van der Waals surface area (Å²) in [6, 6.07) is 6.87. The van der Waals surface area contributed by atoms with E-state index in [1.807, 2.05) is 0 Å². The van der Waals surface area contributed by atoms with Gasteiger partial charge in [0.2, 0.25) is 5.91 Å². The molecule has 190 valence electrons. The zero-order valence-electron chi connectivity index (χ0n) is 20.1. The molecule has 0 atom stereocenters. The predicted molar refractivity (Wildman–Crippen MR) is 133 cm³/mol. The second-order valence-electron chi connectivity index (χ2n) is 8.38. The zero-order chi connectivity index (χ0) is 25.9. The molecule has 13 heteroatoms. The molecule has 0 spiro atoms. The first-order valence-corrected chi connectivity index (χ1v) is 11.6. The third-order valence-electron chi connectivity index (χ3n) is 5.88. The third-order valence-corrected chi connectivity index (χ3v) is 5.88. The maximum absolute atomic E-state index is 12.5. The molecular weight excluding hydrogens is 480 g/mol. The van der Waals surface area contributed by atoms with E-state index in [9.17, 15) is 14.4 Å². The summed E-state index contributed by atoms with van der Waals surface area (Å²) < 4.78 is 10.6. The second-order valence-corrected chi connectivity index (χ2v) is 8.38. The van der Waals surface area contributed by atoms with Gasteiger partial charge in [0.1, 0.15) is 6.61 Å². The molecule has 1 saturated carbocycles. The lowest BCUT2D eigenvalue weighted by Crippen LogP contribution is -2.23. The van der Waals surface area contributed by atoms with Crippen molar-refractivity contribution in [2.75, 3.05) is 42.8 Å². The topological polar surface area (TPSA) is 161 Å². The van der Waals surface area contributed by atoms with E-state index in [1.54, 1.807) is 36.7 Å². The highest BCUT2D eigenvalue weighted by molar-refractivity contribution is 6.00. The highest BCUT2D eigenvalue weighted by Gasteiger charge is 2.30. The van der Waals surface area contributed by atoms with Crippen molar-refractivity contribution >= 4 is 40.8 Å². The highest BCUT2D eigenvalue weighted by atomic mass is 16.6. The van der Waals surface area contributed by atoms with E-state index in [4.69, 9.17) is 9.47 Å². The molecule has 3 N–H and O–H groups in total. The first-order valence-electron chi connectivity index (χ1n) is 11.6. The van der Waals surface area contributed by atoms with Crippen LogP contribution in [0.15, 0.2) is 36.7 Å². The molecule has 5 rings (SSSR count). The number of amides is 3. The van der Waals surface area contributed by atoms with Gasteiger partial charge in [-0.3, -0.25) is 14.5 Å². The maximum Gasteiger partial charge on any atom is 0.414 e. The number of carbonyl (C=O) groups excluding carboxylic acids is 3. The molecule has 13 nitrogen and oxygen atoms in total. The van der Waals surface area contributed by atoms with Crippen LogP contribution in [0, 0.1) is 5.92 Å². The van der Waals surface area contributed by atoms with Crippen molar-refractivity contribution in [2.24, 2.45) is 5.92 Å². The average molecular weight is 505 g/mol. The van der Waals surface area contributed by atoms with Gasteiger partial charge in [-0.1, -0.05) is 6.07 Å². The summed E-state index contributed by atoms with van der Waals surface area (Å²) in [7, 11) is 2.99. The van der Waals surface area contributed by atoms with Crippen molar-refractivity contribution in [3.8, 4) is 17.1 Å². The van der Waals surface area contributed by atoms with E-state index < -0.39 is 12.0 Å². The number of para-hydroxylation sites is 1. The second kappa shape index (κ2) is 10.0. The van der Waals surface area contributed by atoms with Gasteiger partial charge in [0.15, 0.2) is 23.1 Å². The minimum absolute atomic E-state index is 0.0175. The van der Waals surface area contributed by atoms with Crippen molar-refractivity contribution in [1.82, 2.24) is 25.5 Å². The number of hydrogen-bond acceptors (Lipinski definition) is 10. The fourth-order valence-electron chi connectivity index (χ4n) is 3.81. The van der Waals surface area contributed by atoms with Crippen LogP contribution in [0.3, 0.4) is 0 Å². The van der Waals surface area contributed by atoms with Gasteiger partial charge >= 0.3 is 6.09 Å². The number of aromatic nitrogens is 4. The van der Waals surface area contributed by atoms with Gasteiger partial charge in [0, 0.05) is 19.0 Å². The van der Waals surface area contributed by atoms with Gasteiger partial charge in [0.25, 0.3) is 5.91 Å². The molecule has 2 aromatic heterocycles. The number of benzene rings is 1.